The molecule has 0 aromatic rings. The van der Waals surface area contributed by atoms with Gasteiger partial charge in [0.1, 0.15) is 0 Å². The van der Waals surface area contributed by atoms with Gasteiger partial charge in [0.15, 0.2) is 0 Å². The van der Waals surface area contributed by atoms with E-state index in [1.165, 1.54) is 51.7 Å². The SMILES string of the molecule is C1CCN(C[C@@H]2N[C@H]3CC[C@@H]2C3)C1. The lowest BCUT2D eigenvalue weighted by Crippen LogP contribution is -2.43. The Labute approximate surface area is 80.7 Å². The Balaban J connectivity index is 1.55. The first-order chi connectivity index (χ1) is 6.42. The van der Waals surface area contributed by atoms with Crippen LogP contribution in [0.4, 0.5) is 0 Å². The van der Waals surface area contributed by atoms with Gasteiger partial charge in [-0.25, -0.2) is 0 Å². The van der Waals surface area contributed by atoms with Crippen molar-refractivity contribution in [3.8, 4) is 0 Å². The first-order valence-electron chi connectivity index (χ1n) is 5.90. The predicted molar refractivity (Wildman–Crippen MR) is 53.7 cm³/mol. The molecule has 3 aliphatic rings. The van der Waals surface area contributed by atoms with Crippen LogP contribution in [0.3, 0.4) is 0 Å². The molecule has 0 aromatic carbocycles. The number of likely N-dealkylation sites (tertiary alicyclic amines) is 1. The van der Waals surface area contributed by atoms with Gasteiger partial charge in [-0.1, -0.05) is 0 Å². The maximum Gasteiger partial charge on any atom is 0.0226 e. The van der Waals surface area contributed by atoms with Crippen molar-refractivity contribution in [2.45, 2.75) is 44.2 Å². The lowest BCUT2D eigenvalue weighted by molar-refractivity contribution is 0.253. The summed E-state index contributed by atoms with van der Waals surface area (Å²) in [5.74, 6) is 1.02. The number of nitrogens with one attached hydrogen (secondary N) is 1. The molecule has 1 saturated carbocycles. The molecule has 0 amide bonds. The molecule has 3 rings (SSSR count). The van der Waals surface area contributed by atoms with Crippen molar-refractivity contribution in [1.82, 2.24) is 10.2 Å². The molecule has 2 bridgehead atoms. The maximum absolute atomic E-state index is 3.78. The average molecular weight is 180 g/mol. The van der Waals surface area contributed by atoms with Crippen molar-refractivity contribution in [2.75, 3.05) is 19.6 Å². The number of hydrogen-bond acceptors (Lipinski definition) is 2. The van der Waals surface area contributed by atoms with E-state index in [0.29, 0.717) is 0 Å². The molecule has 2 heteroatoms. The zero-order chi connectivity index (χ0) is 8.67. The molecule has 2 heterocycles. The van der Waals surface area contributed by atoms with Crippen molar-refractivity contribution < 1.29 is 0 Å². The van der Waals surface area contributed by atoms with E-state index in [4.69, 9.17) is 0 Å². The molecule has 0 aromatic heterocycles. The highest BCUT2D eigenvalue weighted by Crippen LogP contribution is 2.35. The van der Waals surface area contributed by atoms with Crippen LogP contribution in [0, 0.1) is 5.92 Å². The molecule has 3 atom stereocenters. The summed E-state index contributed by atoms with van der Waals surface area (Å²) in [4.78, 5) is 2.65. The van der Waals surface area contributed by atoms with Crippen molar-refractivity contribution in [3.05, 3.63) is 0 Å². The minimum absolute atomic E-state index is 0.844. The zero-order valence-electron chi connectivity index (χ0n) is 8.34. The highest BCUT2D eigenvalue weighted by atomic mass is 15.2. The van der Waals surface area contributed by atoms with E-state index in [1.807, 2.05) is 0 Å². The largest absolute Gasteiger partial charge is 0.310 e. The summed E-state index contributed by atoms with van der Waals surface area (Å²) >= 11 is 0. The van der Waals surface area contributed by atoms with Crippen LogP contribution in [0.15, 0.2) is 0 Å². The molecule has 1 aliphatic carbocycles. The van der Waals surface area contributed by atoms with E-state index < -0.39 is 0 Å². The lowest BCUT2D eigenvalue weighted by atomic mass is 10.00. The summed E-state index contributed by atoms with van der Waals surface area (Å²) < 4.78 is 0. The highest BCUT2D eigenvalue weighted by Gasteiger charge is 2.39. The third-order valence-corrected chi connectivity index (χ3v) is 4.15. The Morgan fingerprint density at radius 1 is 1.15 bits per heavy atom. The fourth-order valence-electron chi connectivity index (χ4n) is 3.42. The highest BCUT2D eigenvalue weighted by molar-refractivity contribution is 4.98. The average Bonchev–Trinajstić information content (AvgIpc) is 2.77. The van der Waals surface area contributed by atoms with E-state index in [0.717, 1.165) is 18.0 Å². The maximum atomic E-state index is 3.78. The molecule has 2 aliphatic heterocycles. The van der Waals surface area contributed by atoms with Crippen molar-refractivity contribution in [3.63, 3.8) is 0 Å². The van der Waals surface area contributed by atoms with Gasteiger partial charge in [0.05, 0.1) is 0 Å². The monoisotopic (exact) mass is 180 g/mol. The molecule has 0 spiro atoms. The summed E-state index contributed by atoms with van der Waals surface area (Å²) in [7, 11) is 0. The molecular weight excluding hydrogens is 160 g/mol. The Kier molecular flexibility index (Phi) is 2.06. The van der Waals surface area contributed by atoms with Crippen LogP contribution >= 0.6 is 0 Å². The van der Waals surface area contributed by atoms with Gasteiger partial charge >= 0.3 is 0 Å². The van der Waals surface area contributed by atoms with Crippen LogP contribution in [-0.4, -0.2) is 36.6 Å². The Morgan fingerprint density at radius 2 is 2.00 bits per heavy atom. The van der Waals surface area contributed by atoms with E-state index in [9.17, 15) is 0 Å². The molecule has 1 N–H and O–H groups in total. The van der Waals surface area contributed by atoms with Crippen LogP contribution in [0.25, 0.3) is 0 Å². The van der Waals surface area contributed by atoms with Crippen LogP contribution < -0.4 is 5.32 Å². The van der Waals surface area contributed by atoms with E-state index in [2.05, 4.69) is 10.2 Å². The van der Waals surface area contributed by atoms with Gasteiger partial charge in [0, 0.05) is 18.6 Å². The number of nitrogens with zero attached hydrogens (tertiary/aromatic N) is 1. The van der Waals surface area contributed by atoms with Crippen LogP contribution in [0.1, 0.15) is 32.1 Å². The van der Waals surface area contributed by atoms with Crippen molar-refractivity contribution in [2.24, 2.45) is 5.92 Å². The second kappa shape index (κ2) is 3.25. The van der Waals surface area contributed by atoms with Crippen molar-refractivity contribution >= 4 is 0 Å². The lowest BCUT2D eigenvalue weighted by Gasteiger charge is -2.27. The van der Waals surface area contributed by atoms with Gasteiger partial charge in [0.2, 0.25) is 0 Å². The molecule has 2 nitrogen and oxygen atoms in total. The molecule has 0 radical (unpaired) electrons. The zero-order valence-corrected chi connectivity index (χ0v) is 8.34. The topological polar surface area (TPSA) is 15.3 Å². The van der Waals surface area contributed by atoms with E-state index in [1.54, 1.807) is 0 Å². The van der Waals surface area contributed by atoms with E-state index in [-0.39, 0.29) is 0 Å². The first kappa shape index (κ1) is 8.25. The Hall–Kier alpha value is -0.0800. The molecular formula is C11H20N2. The standard InChI is InChI=1S/C11H20N2/c1-2-6-13(5-1)8-11-9-3-4-10(7-9)12-11/h9-12H,1-8H2/t9-,10+,11+/m1/s1. The van der Waals surface area contributed by atoms with Crippen LogP contribution in [-0.2, 0) is 0 Å². The van der Waals surface area contributed by atoms with E-state index >= 15 is 0 Å². The fraction of sp³-hybridized carbons (Fsp3) is 1.00. The third kappa shape index (κ3) is 1.50. The Morgan fingerprint density at radius 3 is 2.62 bits per heavy atom. The summed E-state index contributed by atoms with van der Waals surface area (Å²) in [5, 5.41) is 3.78. The number of hydrogen-bond donors (Lipinski definition) is 1. The smallest absolute Gasteiger partial charge is 0.0226 e. The molecule has 74 valence electrons. The van der Waals surface area contributed by atoms with Crippen LogP contribution in [0.5, 0.6) is 0 Å². The van der Waals surface area contributed by atoms with Crippen LogP contribution in [0.2, 0.25) is 0 Å². The summed E-state index contributed by atoms with van der Waals surface area (Å²) in [6, 6.07) is 1.73. The minimum atomic E-state index is 0.844. The quantitative estimate of drug-likeness (QED) is 0.687. The predicted octanol–water partition coefficient (Wildman–Crippen LogP) is 1.22. The molecule has 2 saturated heterocycles. The first-order valence-corrected chi connectivity index (χ1v) is 5.90. The van der Waals surface area contributed by atoms with Gasteiger partial charge < -0.3 is 10.2 Å². The second-order valence-corrected chi connectivity index (χ2v) is 5.05. The molecule has 3 fully saturated rings. The minimum Gasteiger partial charge on any atom is -0.310 e. The molecule has 0 unspecified atom stereocenters. The number of fused-ring (bicyclic) bond motifs is 2. The summed E-state index contributed by atoms with van der Waals surface area (Å²) in [6.07, 6.45) is 7.28. The van der Waals surface area contributed by atoms with Gasteiger partial charge in [-0.15, -0.1) is 0 Å². The third-order valence-electron chi connectivity index (χ3n) is 4.15. The number of rotatable bonds is 2. The van der Waals surface area contributed by atoms with Crippen molar-refractivity contribution in [1.29, 1.82) is 0 Å². The fourth-order valence-corrected chi connectivity index (χ4v) is 3.42. The summed E-state index contributed by atoms with van der Waals surface area (Å²) in [6.45, 7) is 4.05. The van der Waals surface area contributed by atoms with Gasteiger partial charge in [0.25, 0.3) is 0 Å². The van der Waals surface area contributed by atoms with Gasteiger partial charge in [-0.3, -0.25) is 0 Å². The molecule has 13 heavy (non-hydrogen) atoms. The summed E-state index contributed by atoms with van der Waals surface area (Å²) in [5.41, 5.74) is 0. The normalized spacial score (nSPS) is 44.8. The second-order valence-electron chi connectivity index (χ2n) is 5.05. The van der Waals surface area contributed by atoms with Gasteiger partial charge in [-0.05, 0) is 51.1 Å². The Bertz CT molecular complexity index is 187. The van der Waals surface area contributed by atoms with Gasteiger partial charge in [-0.2, -0.15) is 0 Å². The number of piperidine rings is 1.